The van der Waals surface area contributed by atoms with Crippen molar-refractivity contribution in [3.05, 3.63) is 84.5 Å². The topological polar surface area (TPSA) is 52.0 Å². The summed E-state index contributed by atoms with van der Waals surface area (Å²) in [4.78, 5) is 0. The summed E-state index contributed by atoms with van der Waals surface area (Å²) in [6.45, 7) is 5.95. The van der Waals surface area contributed by atoms with E-state index in [0.717, 1.165) is 28.1 Å². The van der Waals surface area contributed by atoms with Crippen molar-refractivity contribution in [2.75, 3.05) is 11.5 Å². The molecule has 0 amide bonds. The number of benzene rings is 2. The Balaban J connectivity index is 2.30. The van der Waals surface area contributed by atoms with Gasteiger partial charge in [0, 0.05) is 11.4 Å². The fraction of sp³-hybridized carbons (Fsp3) is 0.0526. The van der Waals surface area contributed by atoms with Gasteiger partial charge in [0.15, 0.2) is 0 Å². The Hall–Kier alpha value is -2.74. The quantitative estimate of drug-likeness (QED) is 0.637. The molecule has 0 aliphatic heterocycles. The molecule has 2 heteroatoms. The molecular weight excluding hydrogens is 256 g/mol. The van der Waals surface area contributed by atoms with Crippen LogP contribution < -0.4 is 11.5 Å². The zero-order chi connectivity index (χ0) is 15.2. The molecule has 2 aromatic rings. The van der Waals surface area contributed by atoms with Gasteiger partial charge in [0.25, 0.3) is 0 Å². The van der Waals surface area contributed by atoms with Gasteiger partial charge < -0.3 is 11.5 Å². The van der Waals surface area contributed by atoms with Crippen LogP contribution in [0.2, 0.25) is 0 Å². The van der Waals surface area contributed by atoms with Crippen molar-refractivity contribution in [2.24, 2.45) is 0 Å². The zero-order valence-electron chi connectivity index (χ0n) is 12.2. The van der Waals surface area contributed by atoms with Crippen LogP contribution in [-0.2, 0) is 0 Å². The Bertz CT molecular complexity index is 692. The maximum absolute atomic E-state index is 5.82. The second-order valence-corrected chi connectivity index (χ2v) is 4.92. The maximum atomic E-state index is 5.82. The van der Waals surface area contributed by atoms with Crippen molar-refractivity contribution >= 4 is 22.5 Å². The number of hydrogen-bond donors (Lipinski definition) is 2. The average molecular weight is 276 g/mol. The molecule has 2 rings (SSSR count). The summed E-state index contributed by atoms with van der Waals surface area (Å²) in [5.41, 5.74) is 17.5. The highest BCUT2D eigenvalue weighted by atomic mass is 14.5. The van der Waals surface area contributed by atoms with E-state index in [2.05, 4.69) is 19.6 Å². The molecule has 2 nitrogen and oxygen atoms in total. The lowest BCUT2D eigenvalue weighted by atomic mass is 10.0. The average Bonchev–Trinajstić information content (AvgIpc) is 2.48. The Labute approximate surface area is 126 Å². The molecule has 0 bridgehead atoms. The summed E-state index contributed by atoms with van der Waals surface area (Å²) in [5, 5.41) is 0. The minimum absolute atomic E-state index is 0.750. The molecule has 4 N–H and O–H groups in total. The van der Waals surface area contributed by atoms with E-state index in [9.17, 15) is 0 Å². The minimum Gasteiger partial charge on any atom is -0.399 e. The fourth-order valence-corrected chi connectivity index (χ4v) is 2.06. The maximum Gasteiger partial charge on any atom is 0.0320 e. The lowest BCUT2D eigenvalue weighted by molar-refractivity contribution is 1.56. The van der Waals surface area contributed by atoms with Crippen molar-refractivity contribution in [1.82, 2.24) is 0 Å². The molecule has 0 saturated carbocycles. The van der Waals surface area contributed by atoms with Crippen LogP contribution >= 0.6 is 0 Å². The largest absolute Gasteiger partial charge is 0.399 e. The Kier molecular flexibility index (Phi) is 4.62. The van der Waals surface area contributed by atoms with Crippen molar-refractivity contribution < 1.29 is 0 Å². The van der Waals surface area contributed by atoms with Crippen LogP contribution in [0.3, 0.4) is 0 Å². The lowest BCUT2D eigenvalue weighted by Crippen LogP contribution is -1.87. The molecule has 0 radical (unpaired) electrons. The predicted octanol–water partition coefficient (Wildman–Crippen LogP) is 4.52. The normalized spacial score (nSPS) is 12.2. The summed E-state index contributed by atoms with van der Waals surface area (Å²) in [6.07, 6.45) is 5.96. The van der Waals surface area contributed by atoms with Gasteiger partial charge in [-0.15, -0.1) is 0 Å². The molecule has 106 valence electrons. The fourth-order valence-electron chi connectivity index (χ4n) is 2.06. The molecule has 21 heavy (non-hydrogen) atoms. The van der Waals surface area contributed by atoms with Gasteiger partial charge >= 0.3 is 0 Å². The van der Waals surface area contributed by atoms with E-state index >= 15 is 0 Å². The van der Waals surface area contributed by atoms with Gasteiger partial charge in [-0.1, -0.05) is 49.1 Å². The van der Waals surface area contributed by atoms with Crippen LogP contribution in [0.15, 0.2) is 73.3 Å². The van der Waals surface area contributed by atoms with Crippen molar-refractivity contribution in [3.63, 3.8) is 0 Å². The van der Waals surface area contributed by atoms with Crippen molar-refractivity contribution in [1.29, 1.82) is 0 Å². The zero-order valence-corrected chi connectivity index (χ0v) is 12.2. The predicted molar refractivity (Wildman–Crippen MR) is 93.5 cm³/mol. The first-order chi connectivity index (χ1) is 10.1. The molecule has 0 unspecified atom stereocenters. The van der Waals surface area contributed by atoms with E-state index in [1.807, 2.05) is 60.7 Å². The number of rotatable bonds is 4. The van der Waals surface area contributed by atoms with Gasteiger partial charge in [0.1, 0.15) is 0 Å². The van der Waals surface area contributed by atoms with Gasteiger partial charge in [0.05, 0.1) is 0 Å². The molecule has 0 atom stereocenters. The molecule has 0 aliphatic carbocycles. The summed E-state index contributed by atoms with van der Waals surface area (Å²) in [5.74, 6) is 0. The molecule has 2 aromatic carbocycles. The van der Waals surface area contributed by atoms with E-state index in [0.29, 0.717) is 0 Å². The third-order valence-electron chi connectivity index (χ3n) is 3.32. The van der Waals surface area contributed by atoms with Crippen LogP contribution in [0.4, 0.5) is 11.4 Å². The highest BCUT2D eigenvalue weighted by Gasteiger charge is 1.98. The van der Waals surface area contributed by atoms with Gasteiger partial charge in [-0.05, 0) is 53.5 Å². The highest BCUT2D eigenvalue weighted by molar-refractivity contribution is 5.78. The first kappa shape index (κ1) is 14.7. The molecule has 0 fully saturated rings. The third-order valence-corrected chi connectivity index (χ3v) is 3.32. The van der Waals surface area contributed by atoms with Crippen LogP contribution in [0.25, 0.3) is 11.1 Å². The summed E-state index contributed by atoms with van der Waals surface area (Å²) in [6, 6.07) is 15.6. The Morgan fingerprint density at radius 2 is 1.62 bits per heavy atom. The standard InChI is InChI=1S/C19H20N2/c1-3-15(17-5-4-6-19(21)13-17)8-7-14(2)16-9-11-18(20)12-10-16/h3-13H,1,20-21H2,2H3/b14-7+,15-8+. The van der Waals surface area contributed by atoms with E-state index in [1.54, 1.807) is 0 Å². The number of nitrogen functional groups attached to an aromatic ring is 2. The van der Waals surface area contributed by atoms with Crippen LogP contribution in [0.1, 0.15) is 18.1 Å². The second kappa shape index (κ2) is 6.62. The number of allylic oxidation sites excluding steroid dienone is 5. The van der Waals surface area contributed by atoms with Crippen LogP contribution in [-0.4, -0.2) is 0 Å². The molecule has 0 heterocycles. The molecular formula is C19H20N2. The van der Waals surface area contributed by atoms with E-state index in [4.69, 9.17) is 11.5 Å². The summed E-state index contributed by atoms with van der Waals surface area (Å²) < 4.78 is 0. The molecule has 0 aliphatic rings. The van der Waals surface area contributed by atoms with Gasteiger partial charge in [0.2, 0.25) is 0 Å². The van der Waals surface area contributed by atoms with Crippen LogP contribution in [0, 0.1) is 0 Å². The lowest BCUT2D eigenvalue weighted by Gasteiger charge is -2.04. The number of anilines is 2. The van der Waals surface area contributed by atoms with Crippen LogP contribution in [0.5, 0.6) is 0 Å². The molecule has 0 saturated heterocycles. The van der Waals surface area contributed by atoms with Gasteiger partial charge in [-0.25, -0.2) is 0 Å². The molecule has 0 aromatic heterocycles. The van der Waals surface area contributed by atoms with E-state index in [1.165, 1.54) is 5.57 Å². The number of hydrogen-bond acceptors (Lipinski definition) is 2. The van der Waals surface area contributed by atoms with E-state index in [-0.39, 0.29) is 0 Å². The smallest absolute Gasteiger partial charge is 0.0320 e. The monoisotopic (exact) mass is 276 g/mol. The Morgan fingerprint density at radius 3 is 2.24 bits per heavy atom. The summed E-state index contributed by atoms with van der Waals surface area (Å²) >= 11 is 0. The first-order valence-corrected chi connectivity index (χ1v) is 6.83. The minimum atomic E-state index is 0.750. The van der Waals surface area contributed by atoms with Crippen molar-refractivity contribution in [2.45, 2.75) is 6.92 Å². The van der Waals surface area contributed by atoms with Crippen molar-refractivity contribution in [3.8, 4) is 0 Å². The second-order valence-electron chi connectivity index (χ2n) is 4.92. The number of nitrogens with two attached hydrogens (primary N) is 2. The van der Waals surface area contributed by atoms with Gasteiger partial charge in [-0.2, -0.15) is 0 Å². The van der Waals surface area contributed by atoms with Gasteiger partial charge in [-0.3, -0.25) is 0 Å². The third kappa shape index (κ3) is 3.86. The first-order valence-electron chi connectivity index (χ1n) is 6.83. The summed E-state index contributed by atoms with van der Waals surface area (Å²) in [7, 11) is 0. The Morgan fingerprint density at radius 1 is 0.905 bits per heavy atom. The molecule has 0 spiro atoms. The van der Waals surface area contributed by atoms with E-state index < -0.39 is 0 Å². The SMILES string of the molecule is C=C/C(=C\C=C(/C)c1ccc(N)cc1)c1cccc(N)c1. The highest BCUT2D eigenvalue weighted by Crippen LogP contribution is 2.20.